The van der Waals surface area contributed by atoms with Gasteiger partial charge in [0, 0.05) is 52.1 Å². The standard InChI is InChI=1S/C24H30N6O2S/c1-17-7-10-25-22(15-17)28-21-6-4-5-19(27-21)20-16-26-24(33-20)30-11-8-18(9-12-30)23(31)29(2)13-14-32-3/h4-7,10,15-16,18H,8-9,11-14H2,1-3H3,(H,25,27,28). The number of thiazole rings is 1. The highest BCUT2D eigenvalue weighted by molar-refractivity contribution is 7.18. The largest absolute Gasteiger partial charge is 0.383 e. The minimum absolute atomic E-state index is 0.0715. The van der Waals surface area contributed by atoms with E-state index in [-0.39, 0.29) is 11.8 Å². The Bertz CT molecular complexity index is 1080. The number of amides is 1. The number of methoxy groups -OCH3 is 1. The summed E-state index contributed by atoms with van der Waals surface area (Å²) in [4.78, 5) is 31.4. The molecule has 33 heavy (non-hydrogen) atoms. The van der Waals surface area contributed by atoms with Gasteiger partial charge >= 0.3 is 0 Å². The molecule has 3 aromatic rings. The number of rotatable bonds is 8. The molecule has 174 valence electrons. The van der Waals surface area contributed by atoms with Crippen molar-refractivity contribution in [1.82, 2.24) is 19.9 Å². The number of piperidine rings is 1. The van der Waals surface area contributed by atoms with E-state index in [0.717, 1.165) is 58.8 Å². The summed E-state index contributed by atoms with van der Waals surface area (Å²) in [5, 5.41) is 4.25. The summed E-state index contributed by atoms with van der Waals surface area (Å²) in [7, 11) is 3.51. The van der Waals surface area contributed by atoms with Gasteiger partial charge in [0.1, 0.15) is 11.6 Å². The molecule has 1 N–H and O–H groups in total. The van der Waals surface area contributed by atoms with E-state index in [0.29, 0.717) is 13.2 Å². The van der Waals surface area contributed by atoms with Crippen molar-refractivity contribution in [3.8, 4) is 10.6 Å². The van der Waals surface area contributed by atoms with Crippen LogP contribution in [-0.2, 0) is 9.53 Å². The van der Waals surface area contributed by atoms with Gasteiger partial charge in [0.15, 0.2) is 5.13 Å². The molecule has 1 fully saturated rings. The number of likely N-dealkylation sites (N-methyl/N-ethyl adjacent to an activating group) is 1. The van der Waals surface area contributed by atoms with E-state index >= 15 is 0 Å². The Hall–Kier alpha value is -3.04. The monoisotopic (exact) mass is 466 g/mol. The molecule has 4 rings (SSSR count). The Balaban J connectivity index is 1.37. The van der Waals surface area contributed by atoms with Crippen molar-refractivity contribution in [2.75, 3.05) is 50.6 Å². The van der Waals surface area contributed by atoms with Gasteiger partial charge in [-0.15, -0.1) is 0 Å². The van der Waals surface area contributed by atoms with Crippen LogP contribution in [0.15, 0.2) is 42.7 Å². The Morgan fingerprint density at radius 3 is 2.82 bits per heavy atom. The molecule has 1 amide bonds. The predicted molar refractivity (Wildman–Crippen MR) is 132 cm³/mol. The highest BCUT2D eigenvalue weighted by atomic mass is 32.1. The van der Waals surface area contributed by atoms with Gasteiger partial charge in [0.05, 0.1) is 17.2 Å². The van der Waals surface area contributed by atoms with Crippen molar-refractivity contribution in [3.05, 3.63) is 48.3 Å². The molecule has 0 atom stereocenters. The molecule has 1 saturated heterocycles. The van der Waals surface area contributed by atoms with Gasteiger partial charge in [-0.3, -0.25) is 4.79 Å². The molecular weight excluding hydrogens is 436 g/mol. The van der Waals surface area contributed by atoms with Crippen LogP contribution in [0.3, 0.4) is 0 Å². The van der Waals surface area contributed by atoms with Crippen LogP contribution in [-0.4, -0.2) is 66.2 Å². The quantitative estimate of drug-likeness (QED) is 0.538. The normalized spacial score (nSPS) is 14.3. The molecule has 0 spiro atoms. The SMILES string of the molecule is COCCN(C)C(=O)C1CCN(c2ncc(-c3cccc(Nc4cc(C)ccn4)n3)s2)CC1. The van der Waals surface area contributed by atoms with Crippen LogP contribution in [0.4, 0.5) is 16.8 Å². The molecule has 4 heterocycles. The summed E-state index contributed by atoms with van der Waals surface area (Å²) in [6.45, 7) is 4.89. The minimum atomic E-state index is 0.0715. The third kappa shape index (κ3) is 5.85. The lowest BCUT2D eigenvalue weighted by atomic mass is 9.95. The maximum Gasteiger partial charge on any atom is 0.225 e. The lowest BCUT2D eigenvalue weighted by Gasteiger charge is -2.33. The molecule has 0 radical (unpaired) electrons. The van der Waals surface area contributed by atoms with Crippen LogP contribution in [0.1, 0.15) is 18.4 Å². The van der Waals surface area contributed by atoms with Crippen molar-refractivity contribution in [2.24, 2.45) is 5.92 Å². The number of nitrogens with zero attached hydrogens (tertiary/aromatic N) is 5. The molecule has 0 saturated carbocycles. The molecule has 1 aliphatic rings. The average molecular weight is 467 g/mol. The fourth-order valence-electron chi connectivity index (χ4n) is 3.87. The number of carbonyl (C=O) groups is 1. The number of pyridine rings is 2. The van der Waals surface area contributed by atoms with Gasteiger partial charge in [-0.1, -0.05) is 17.4 Å². The molecule has 0 bridgehead atoms. The molecule has 1 aliphatic heterocycles. The van der Waals surface area contributed by atoms with Gasteiger partial charge in [-0.25, -0.2) is 15.0 Å². The predicted octanol–water partition coefficient (Wildman–Crippen LogP) is 3.97. The zero-order chi connectivity index (χ0) is 23.2. The number of anilines is 3. The van der Waals surface area contributed by atoms with Crippen molar-refractivity contribution in [1.29, 1.82) is 0 Å². The van der Waals surface area contributed by atoms with Crippen molar-refractivity contribution in [3.63, 3.8) is 0 Å². The summed E-state index contributed by atoms with van der Waals surface area (Å²) in [6.07, 6.45) is 5.34. The average Bonchev–Trinajstić information content (AvgIpc) is 3.33. The van der Waals surface area contributed by atoms with Crippen LogP contribution in [0.25, 0.3) is 10.6 Å². The Morgan fingerprint density at radius 1 is 1.24 bits per heavy atom. The second-order valence-electron chi connectivity index (χ2n) is 8.27. The van der Waals surface area contributed by atoms with Crippen LogP contribution >= 0.6 is 11.3 Å². The maximum absolute atomic E-state index is 12.6. The topological polar surface area (TPSA) is 83.5 Å². The number of hydrogen-bond acceptors (Lipinski definition) is 8. The first-order valence-corrected chi connectivity index (χ1v) is 12.0. The second kappa shape index (κ2) is 10.7. The highest BCUT2D eigenvalue weighted by Gasteiger charge is 2.28. The molecule has 8 nitrogen and oxygen atoms in total. The number of hydrogen-bond donors (Lipinski definition) is 1. The summed E-state index contributed by atoms with van der Waals surface area (Å²) >= 11 is 1.63. The lowest BCUT2D eigenvalue weighted by Crippen LogP contribution is -2.42. The molecule has 0 aromatic carbocycles. The Kier molecular flexibility index (Phi) is 7.51. The fourth-order valence-corrected chi connectivity index (χ4v) is 4.81. The van der Waals surface area contributed by atoms with Crippen molar-refractivity contribution >= 4 is 34.0 Å². The van der Waals surface area contributed by atoms with Gasteiger partial charge in [-0.2, -0.15) is 0 Å². The van der Waals surface area contributed by atoms with Crippen LogP contribution in [0.2, 0.25) is 0 Å². The van der Waals surface area contributed by atoms with E-state index in [1.165, 1.54) is 0 Å². The van der Waals surface area contributed by atoms with Gasteiger partial charge in [0.25, 0.3) is 0 Å². The third-order valence-electron chi connectivity index (χ3n) is 5.79. The van der Waals surface area contributed by atoms with E-state index in [9.17, 15) is 4.79 Å². The summed E-state index contributed by atoms with van der Waals surface area (Å²) in [6, 6.07) is 9.86. The first kappa shape index (κ1) is 23.1. The van der Waals surface area contributed by atoms with Crippen molar-refractivity contribution in [2.45, 2.75) is 19.8 Å². The molecular formula is C24H30N6O2S. The second-order valence-corrected chi connectivity index (χ2v) is 9.28. The summed E-state index contributed by atoms with van der Waals surface area (Å²) in [5.74, 6) is 1.80. The van der Waals surface area contributed by atoms with Gasteiger partial charge in [-0.05, 0) is 49.6 Å². The highest BCUT2D eigenvalue weighted by Crippen LogP contribution is 2.33. The van der Waals surface area contributed by atoms with Crippen LogP contribution < -0.4 is 10.2 Å². The Morgan fingerprint density at radius 2 is 2.06 bits per heavy atom. The molecule has 0 unspecified atom stereocenters. The summed E-state index contributed by atoms with van der Waals surface area (Å²) in [5.41, 5.74) is 2.02. The Labute approximate surface area is 198 Å². The number of aryl methyl sites for hydroxylation is 1. The molecule has 3 aromatic heterocycles. The third-order valence-corrected chi connectivity index (χ3v) is 6.87. The zero-order valence-corrected chi connectivity index (χ0v) is 20.1. The fraction of sp³-hybridized carbons (Fsp3) is 0.417. The number of aromatic nitrogens is 3. The molecule has 9 heteroatoms. The number of ether oxygens (including phenoxy) is 1. The zero-order valence-electron chi connectivity index (χ0n) is 19.3. The minimum Gasteiger partial charge on any atom is -0.383 e. The van der Waals surface area contributed by atoms with E-state index in [1.807, 2.05) is 50.5 Å². The van der Waals surface area contributed by atoms with E-state index in [2.05, 4.69) is 20.2 Å². The number of nitrogens with one attached hydrogen (secondary N) is 1. The number of carbonyl (C=O) groups excluding carboxylic acids is 1. The van der Waals surface area contributed by atoms with Crippen LogP contribution in [0, 0.1) is 12.8 Å². The first-order valence-electron chi connectivity index (χ1n) is 11.2. The van der Waals surface area contributed by atoms with E-state index < -0.39 is 0 Å². The van der Waals surface area contributed by atoms with Crippen molar-refractivity contribution < 1.29 is 9.53 Å². The molecule has 0 aliphatic carbocycles. The van der Waals surface area contributed by atoms with Gasteiger partial charge < -0.3 is 19.9 Å². The first-order chi connectivity index (χ1) is 16.0. The van der Waals surface area contributed by atoms with Gasteiger partial charge in [0.2, 0.25) is 5.91 Å². The van der Waals surface area contributed by atoms with E-state index in [4.69, 9.17) is 9.72 Å². The summed E-state index contributed by atoms with van der Waals surface area (Å²) < 4.78 is 5.08. The maximum atomic E-state index is 12.6. The van der Waals surface area contributed by atoms with E-state index in [1.54, 1.807) is 29.5 Å². The lowest BCUT2D eigenvalue weighted by molar-refractivity contribution is -0.135. The van der Waals surface area contributed by atoms with Crippen LogP contribution in [0.5, 0.6) is 0 Å². The smallest absolute Gasteiger partial charge is 0.225 e.